The van der Waals surface area contributed by atoms with E-state index in [9.17, 15) is 14.7 Å². The number of rotatable bonds is 6. The summed E-state index contributed by atoms with van der Waals surface area (Å²) in [4.78, 5) is 25.6. The fourth-order valence-electron chi connectivity index (χ4n) is 2.49. The molecule has 0 spiro atoms. The van der Waals surface area contributed by atoms with Gasteiger partial charge in [-0.15, -0.1) is 0 Å². The summed E-state index contributed by atoms with van der Waals surface area (Å²) in [6.45, 7) is 1.25. The summed E-state index contributed by atoms with van der Waals surface area (Å²) in [5.74, 6) is -0.191. The highest BCUT2D eigenvalue weighted by atomic mass is 79.9. The number of halogens is 1. The van der Waals surface area contributed by atoms with Crippen molar-refractivity contribution in [3.63, 3.8) is 0 Å². The second kappa shape index (κ2) is 8.42. The second-order valence-electron chi connectivity index (χ2n) is 5.73. The van der Waals surface area contributed by atoms with Crippen molar-refractivity contribution in [3.05, 3.63) is 34.3 Å². The molecule has 1 aliphatic heterocycles. The fraction of sp³-hybridized carbons (Fsp3) is 0.500. The van der Waals surface area contributed by atoms with Crippen molar-refractivity contribution in [1.29, 1.82) is 0 Å². The van der Waals surface area contributed by atoms with Gasteiger partial charge in [0.05, 0.1) is 12.1 Å². The third-order valence-electron chi connectivity index (χ3n) is 3.85. The van der Waals surface area contributed by atoms with Gasteiger partial charge in [-0.2, -0.15) is 0 Å². The van der Waals surface area contributed by atoms with Gasteiger partial charge in [0.15, 0.2) is 0 Å². The van der Waals surface area contributed by atoms with Crippen molar-refractivity contribution >= 4 is 27.7 Å². The van der Waals surface area contributed by atoms with E-state index < -0.39 is 6.10 Å². The van der Waals surface area contributed by atoms with Gasteiger partial charge in [0, 0.05) is 37.6 Å². The molecule has 2 rings (SSSR count). The van der Waals surface area contributed by atoms with E-state index >= 15 is 0 Å². The Labute approximate surface area is 144 Å². The summed E-state index contributed by atoms with van der Waals surface area (Å²) >= 11 is 3.47. The van der Waals surface area contributed by atoms with Crippen LogP contribution in [0.3, 0.4) is 0 Å². The zero-order valence-electron chi connectivity index (χ0n) is 13.1. The van der Waals surface area contributed by atoms with Crippen molar-refractivity contribution in [3.8, 4) is 0 Å². The molecule has 1 heterocycles. The summed E-state index contributed by atoms with van der Waals surface area (Å²) in [5.41, 5.74) is 1.04. The number of aliphatic hydroxyl groups is 1. The molecule has 0 bridgehead atoms. The summed E-state index contributed by atoms with van der Waals surface area (Å²) in [5, 5.41) is 15.1. The van der Waals surface area contributed by atoms with Crippen LogP contribution in [0.1, 0.15) is 18.4 Å². The average Bonchev–Trinajstić information content (AvgIpc) is 2.96. The number of carbonyl (C=O) groups excluding carboxylic acids is 2. The average molecular weight is 384 g/mol. The molecular formula is C16H22BrN3O3. The minimum absolute atomic E-state index is 0.0273. The molecule has 1 saturated heterocycles. The molecule has 1 aliphatic rings. The second-order valence-corrected chi connectivity index (χ2v) is 6.59. The van der Waals surface area contributed by atoms with Crippen LogP contribution in [0, 0.1) is 0 Å². The van der Waals surface area contributed by atoms with Gasteiger partial charge >= 0.3 is 0 Å². The van der Waals surface area contributed by atoms with E-state index in [1.807, 2.05) is 24.3 Å². The largest absolute Gasteiger partial charge is 0.392 e. The van der Waals surface area contributed by atoms with Crippen molar-refractivity contribution < 1.29 is 14.7 Å². The molecule has 1 aromatic rings. The molecule has 0 aliphatic carbocycles. The van der Waals surface area contributed by atoms with E-state index in [1.54, 1.807) is 11.9 Å². The first-order valence-electron chi connectivity index (χ1n) is 7.64. The first kappa shape index (κ1) is 17.9. The zero-order valence-corrected chi connectivity index (χ0v) is 14.7. The van der Waals surface area contributed by atoms with E-state index in [0.29, 0.717) is 26.1 Å². The first-order valence-corrected chi connectivity index (χ1v) is 8.43. The molecule has 126 valence electrons. The lowest BCUT2D eigenvalue weighted by atomic mass is 10.2. The lowest BCUT2D eigenvalue weighted by molar-refractivity contribution is -0.130. The Balaban J connectivity index is 1.72. The predicted molar refractivity (Wildman–Crippen MR) is 90.7 cm³/mol. The van der Waals surface area contributed by atoms with Crippen LogP contribution in [-0.2, 0) is 16.1 Å². The standard InChI is InChI=1S/C16H22BrN3O3/c1-20(10-11-4-2-3-5-13(11)17)15(22)6-7-18-16(23)14-8-12(21)9-19-14/h2-5,12,14,19,21H,6-10H2,1H3,(H,18,23). The number of amides is 2. The number of benzene rings is 1. The maximum absolute atomic E-state index is 12.1. The Bertz CT molecular complexity index is 567. The molecule has 2 unspecified atom stereocenters. The smallest absolute Gasteiger partial charge is 0.237 e. The van der Waals surface area contributed by atoms with E-state index in [-0.39, 0.29) is 24.3 Å². The summed E-state index contributed by atoms with van der Waals surface area (Å²) < 4.78 is 0.971. The fourth-order valence-corrected chi connectivity index (χ4v) is 2.90. The number of carbonyl (C=O) groups is 2. The quantitative estimate of drug-likeness (QED) is 0.673. The summed E-state index contributed by atoms with van der Waals surface area (Å²) in [6.07, 6.45) is 0.201. The van der Waals surface area contributed by atoms with Gasteiger partial charge in [-0.3, -0.25) is 9.59 Å². The van der Waals surface area contributed by atoms with E-state index in [4.69, 9.17) is 0 Å². The number of β-amino-alcohol motifs (C(OH)–C–C–N with tert-alkyl or cyclic N) is 1. The molecule has 1 fully saturated rings. The maximum Gasteiger partial charge on any atom is 0.237 e. The van der Waals surface area contributed by atoms with Crippen LogP contribution in [0.2, 0.25) is 0 Å². The predicted octanol–water partition coefficient (Wildman–Crippen LogP) is 0.637. The van der Waals surface area contributed by atoms with Crippen LogP contribution in [0.5, 0.6) is 0 Å². The third kappa shape index (κ3) is 5.30. The molecule has 0 aromatic heterocycles. The molecule has 7 heteroatoms. The molecule has 0 saturated carbocycles. The van der Waals surface area contributed by atoms with Gasteiger partial charge in [0.2, 0.25) is 11.8 Å². The van der Waals surface area contributed by atoms with Gasteiger partial charge in [0.25, 0.3) is 0 Å². The highest BCUT2D eigenvalue weighted by molar-refractivity contribution is 9.10. The van der Waals surface area contributed by atoms with Crippen molar-refractivity contribution in [2.75, 3.05) is 20.1 Å². The van der Waals surface area contributed by atoms with Crippen LogP contribution in [0.15, 0.2) is 28.7 Å². The highest BCUT2D eigenvalue weighted by Crippen LogP contribution is 2.17. The number of aliphatic hydroxyl groups excluding tert-OH is 1. The Hall–Kier alpha value is -1.44. The van der Waals surface area contributed by atoms with Crippen molar-refractivity contribution in [2.24, 2.45) is 0 Å². The highest BCUT2D eigenvalue weighted by Gasteiger charge is 2.27. The molecule has 6 nitrogen and oxygen atoms in total. The summed E-state index contributed by atoms with van der Waals surface area (Å²) in [7, 11) is 1.75. The SMILES string of the molecule is CN(Cc1ccccc1Br)C(=O)CCNC(=O)C1CC(O)CN1. The van der Waals surface area contributed by atoms with Crippen LogP contribution >= 0.6 is 15.9 Å². The van der Waals surface area contributed by atoms with Crippen LogP contribution in [0.4, 0.5) is 0 Å². The van der Waals surface area contributed by atoms with Crippen LogP contribution in [-0.4, -0.2) is 54.1 Å². The molecule has 0 radical (unpaired) electrons. The molecular weight excluding hydrogens is 362 g/mol. The Morgan fingerprint density at radius 1 is 1.43 bits per heavy atom. The molecule has 1 aromatic carbocycles. The lowest BCUT2D eigenvalue weighted by Gasteiger charge is -2.18. The number of nitrogens with zero attached hydrogens (tertiary/aromatic N) is 1. The van der Waals surface area contributed by atoms with Crippen molar-refractivity contribution in [2.45, 2.75) is 31.5 Å². The molecule has 3 N–H and O–H groups in total. The Morgan fingerprint density at radius 3 is 2.83 bits per heavy atom. The van der Waals surface area contributed by atoms with Crippen LogP contribution in [0.25, 0.3) is 0 Å². The number of nitrogens with one attached hydrogen (secondary N) is 2. The van der Waals surface area contributed by atoms with Gasteiger partial charge < -0.3 is 20.6 Å². The normalized spacial score (nSPS) is 20.3. The molecule has 23 heavy (non-hydrogen) atoms. The lowest BCUT2D eigenvalue weighted by Crippen LogP contribution is -2.41. The third-order valence-corrected chi connectivity index (χ3v) is 4.63. The zero-order chi connectivity index (χ0) is 16.8. The van der Waals surface area contributed by atoms with Gasteiger partial charge in [-0.1, -0.05) is 34.1 Å². The van der Waals surface area contributed by atoms with E-state index in [2.05, 4.69) is 26.6 Å². The maximum atomic E-state index is 12.1. The minimum atomic E-state index is -0.470. The number of hydrogen-bond acceptors (Lipinski definition) is 4. The van der Waals surface area contributed by atoms with Crippen molar-refractivity contribution in [1.82, 2.24) is 15.5 Å². The van der Waals surface area contributed by atoms with E-state index in [0.717, 1.165) is 10.0 Å². The number of hydrogen-bond donors (Lipinski definition) is 3. The Kier molecular flexibility index (Phi) is 6.56. The Morgan fingerprint density at radius 2 is 2.17 bits per heavy atom. The monoisotopic (exact) mass is 383 g/mol. The first-order chi connectivity index (χ1) is 11.0. The van der Waals surface area contributed by atoms with Gasteiger partial charge in [-0.05, 0) is 18.1 Å². The van der Waals surface area contributed by atoms with E-state index in [1.165, 1.54) is 0 Å². The van der Waals surface area contributed by atoms with Gasteiger partial charge in [0.1, 0.15) is 0 Å². The topological polar surface area (TPSA) is 81.7 Å². The van der Waals surface area contributed by atoms with Crippen LogP contribution < -0.4 is 10.6 Å². The summed E-state index contributed by atoms with van der Waals surface area (Å²) in [6, 6.07) is 7.41. The minimum Gasteiger partial charge on any atom is -0.392 e. The molecule has 2 atom stereocenters. The molecule has 2 amide bonds. The van der Waals surface area contributed by atoms with Gasteiger partial charge in [-0.25, -0.2) is 0 Å².